The highest BCUT2D eigenvalue weighted by molar-refractivity contribution is 5.25. The normalized spacial score (nSPS) is 40.2. The number of allylic oxidation sites excluding steroid dienone is 4. The molecule has 1 saturated carbocycles. The van der Waals surface area contributed by atoms with Crippen molar-refractivity contribution in [3.8, 4) is 0 Å². The molecule has 15 heavy (non-hydrogen) atoms. The zero-order chi connectivity index (χ0) is 11.0. The van der Waals surface area contributed by atoms with Crippen molar-refractivity contribution in [1.82, 2.24) is 0 Å². The van der Waals surface area contributed by atoms with Crippen LogP contribution in [0.25, 0.3) is 0 Å². The molecular formula is C15H24. The van der Waals surface area contributed by atoms with Crippen LogP contribution in [0, 0.1) is 29.6 Å². The number of hydrogen-bond donors (Lipinski definition) is 0. The Hall–Kier alpha value is -0.520. The van der Waals surface area contributed by atoms with Crippen molar-refractivity contribution in [3.05, 3.63) is 23.8 Å². The Balaban J connectivity index is 2.23. The molecule has 0 saturated heterocycles. The van der Waals surface area contributed by atoms with Crippen LogP contribution in [0.4, 0.5) is 0 Å². The first kappa shape index (κ1) is 11.0. The molecule has 0 aromatic rings. The van der Waals surface area contributed by atoms with Gasteiger partial charge in [-0.2, -0.15) is 0 Å². The summed E-state index contributed by atoms with van der Waals surface area (Å²) < 4.78 is 0. The molecule has 0 radical (unpaired) electrons. The minimum atomic E-state index is 0.815. The second-order valence-corrected chi connectivity index (χ2v) is 5.89. The van der Waals surface area contributed by atoms with E-state index in [1.54, 1.807) is 0 Å². The highest BCUT2D eigenvalue weighted by Gasteiger charge is 2.36. The summed E-state index contributed by atoms with van der Waals surface area (Å²) in [5.41, 5.74) is 1.47. The van der Waals surface area contributed by atoms with Crippen molar-refractivity contribution >= 4 is 0 Å². The molecule has 0 bridgehead atoms. The smallest absolute Gasteiger partial charge is 0.0131 e. The summed E-state index contributed by atoms with van der Waals surface area (Å²) in [5, 5.41) is 0. The van der Waals surface area contributed by atoms with E-state index in [-0.39, 0.29) is 0 Å². The Kier molecular flexibility index (Phi) is 3.04. The van der Waals surface area contributed by atoms with Gasteiger partial charge in [-0.25, -0.2) is 0 Å². The molecule has 84 valence electrons. The fraction of sp³-hybridized carbons (Fsp3) is 0.733. The molecule has 0 unspecified atom stereocenters. The fourth-order valence-corrected chi connectivity index (χ4v) is 3.46. The van der Waals surface area contributed by atoms with Crippen LogP contribution in [-0.4, -0.2) is 0 Å². The molecule has 2 aliphatic rings. The lowest BCUT2D eigenvalue weighted by atomic mass is 9.62. The highest BCUT2D eigenvalue weighted by atomic mass is 14.4. The van der Waals surface area contributed by atoms with Gasteiger partial charge in [0.05, 0.1) is 0 Å². The minimum Gasteiger partial charge on any atom is -0.0803 e. The summed E-state index contributed by atoms with van der Waals surface area (Å²) in [7, 11) is 0. The Morgan fingerprint density at radius 1 is 1.20 bits per heavy atom. The molecule has 0 nitrogen and oxygen atoms in total. The molecule has 0 N–H and O–H groups in total. The predicted octanol–water partition coefficient (Wildman–Crippen LogP) is 4.44. The van der Waals surface area contributed by atoms with Crippen LogP contribution in [0.1, 0.15) is 40.5 Å². The van der Waals surface area contributed by atoms with Crippen molar-refractivity contribution in [2.24, 2.45) is 29.6 Å². The van der Waals surface area contributed by atoms with E-state index in [0.717, 1.165) is 29.6 Å². The predicted molar refractivity (Wildman–Crippen MR) is 66.6 cm³/mol. The largest absolute Gasteiger partial charge is 0.0803 e. The quantitative estimate of drug-likeness (QED) is 0.592. The molecule has 0 aliphatic heterocycles. The number of fused-ring (bicyclic) bond motifs is 1. The Morgan fingerprint density at radius 2 is 1.93 bits per heavy atom. The van der Waals surface area contributed by atoms with Crippen molar-refractivity contribution in [1.29, 1.82) is 0 Å². The van der Waals surface area contributed by atoms with Gasteiger partial charge >= 0.3 is 0 Å². The SMILES string of the molecule is CC1=C[C@H]2[C@@H](C=C1)[C@H](C)CC[C@@H]2C(C)C. The summed E-state index contributed by atoms with van der Waals surface area (Å²) in [4.78, 5) is 0. The van der Waals surface area contributed by atoms with E-state index < -0.39 is 0 Å². The van der Waals surface area contributed by atoms with Gasteiger partial charge in [0, 0.05) is 0 Å². The third-order valence-electron chi connectivity index (χ3n) is 4.44. The molecule has 0 aromatic carbocycles. The lowest BCUT2D eigenvalue weighted by molar-refractivity contribution is 0.129. The van der Waals surface area contributed by atoms with E-state index in [1.165, 1.54) is 18.4 Å². The van der Waals surface area contributed by atoms with Crippen LogP contribution >= 0.6 is 0 Å². The third-order valence-corrected chi connectivity index (χ3v) is 4.44. The Labute approximate surface area is 94.5 Å². The first-order valence-electron chi connectivity index (χ1n) is 6.46. The van der Waals surface area contributed by atoms with Gasteiger partial charge in [-0.05, 0) is 49.4 Å². The van der Waals surface area contributed by atoms with Gasteiger partial charge in [0.1, 0.15) is 0 Å². The topological polar surface area (TPSA) is 0 Å². The Bertz CT molecular complexity index is 282. The van der Waals surface area contributed by atoms with Gasteiger partial charge in [0.15, 0.2) is 0 Å². The standard InChI is InChI=1S/C15H24/c1-10(2)13-8-6-12(4)14-7-5-11(3)9-15(13)14/h5,7,9-10,12-15H,6,8H2,1-4H3/t12-,13-,14+,15-/m1/s1. The summed E-state index contributed by atoms with van der Waals surface area (Å²) in [6.45, 7) is 9.44. The summed E-state index contributed by atoms with van der Waals surface area (Å²) >= 11 is 0. The Morgan fingerprint density at radius 3 is 2.60 bits per heavy atom. The maximum atomic E-state index is 2.53. The molecule has 0 heterocycles. The fourth-order valence-electron chi connectivity index (χ4n) is 3.46. The lowest BCUT2D eigenvalue weighted by Crippen LogP contribution is -2.35. The lowest BCUT2D eigenvalue weighted by Gasteiger charge is -2.43. The molecule has 4 atom stereocenters. The van der Waals surface area contributed by atoms with Gasteiger partial charge in [0.25, 0.3) is 0 Å². The van der Waals surface area contributed by atoms with Crippen LogP contribution in [0.15, 0.2) is 23.8 Å². The molecule has 0 amide bonds. The van der Waals surface area contributed by atoms with Crippen LogP contribution in [0.5, 0.6) is 0 Å². The average molecular weight is 204 g/mol. The second kappa shape index (κ2) is 4.15. The van der Waals surface area contributed by atoms with E-state index in [4.69, 9.17) is 0 Å². The van der Waals surface area contributed by atoms with Crippen LogP contribution < -0.4 is 0 Å². The van der Waals surface area contributed by atoms with Crippen LogP contribution in [0.3, 0.4) is 0 Å². The molecule has 0 heteroatoms. The third kappa shape index (κ3) is 2.04. The maximum absolute atomic E-state index is 2.53. The first-order valence-corrected chi connectivity index (χ1v) is 6.46. The van der Waals surface area contributed by atoms with E-state index >= 15 is 0 Å². The van der Waals surface area contributed by atoms with Gasteiger partial charge in [-0.15, -0.1) is 0 Å². The van der Waals surface area contributed by atoms with E-state index in [2.05, 4.69) is 45.9 Å². The first-order chi connectivity index (χ1) is 7.09. The maximum Gasteiger partial charge on any atom is -0.0131 e. The minimum absolute atomic E-state index is 0.815. The summed E-state index contributed by atoms with van der Waals surface area (Å²) in [6.07, 6.45) is 10.2. The van der Waals surface area contributed by atoms with E-state index in [1.807, 2.05) is 0 Å². The van der Waals surface area contributed by atoms with Crippen molar-refractivity contribution in [2.75, 3.05) is 0 Å². The molecule has 0 aromatic heterocycles. The van der Waals surface area contributed by atoms with Crippen molar-refractivity contribution < 1.29 is 0 Å². The van der Waals surface area contributed by atoms with E-state index in [9.17, 15) is 0 Å². The molecular weight excluding hydrogens is 180 g/mol. The monoisotopic (exact) mass is 204 g/mol. The number of rotatable bonds is 1. The summed E-state index contributed by atoms with van der Waals surface area (Å²) in [5.74, 6) is 4.26. The van der Waals surface area contributed by atoms with E-state index in [0.29, 0.717) is 0 Å². The van der Waals surface area contributed by atoms with Gasteiger partial charge in [-0.1, -0.05) is 44.6 Å². The molecule has 1 fully saturated rings. The molecule has 2 rings (SSSR count). The van der Waals surface area contributed by atoms with Crippen molar-refractivity contribution in [2.45, 2.75) is 40.5 Å². The van der Waals surface area contributed by atoms with Crippen LogP contribution in [-0.2, 0) is 0 Å². The second-order valence-electron chi connectivity index (χ2n) is 5.89. The zero-order valence-corrected chi connectivity index (χ0v) is 10.5. The number of hydrogen-bond acceptors (Lipinski definition) is 0. The average Bonchev–Trinajstić information content (AvgIpc) is 2.17. The van der Waals surface area contributed by atoms with Gasteiger partial charge in [0.2, 0.25) is 0 Å². The molecule has 0 spiro atoms. The van der Waals surface area contributed by atoms with Gasteiger partial charge in [-0.3, -0.25) is 0 Å². The van der Waals surface area contributed by atoms with Crippen LogP contribution in [0.2, 0.25) is 0 Å². The van der Waals surface area contributed by atoms with Crippen molar-refractivity contribution in [3.63, 3.8) is 0 Å². The highest BCUT2D eigenvalue weighted by Crippen LogP contribution is 2.45. The zero-order valence-electron chi connectivity index (χ0n) is 10.5. The molecule has 2 aliphatic carbocycles. The summed E-state index contributed by atoms with van der Waals surface area (Å²) in [6, 6.07) is 0. The van der Waals surface area contributed by atoms with Gasteiger partial charge < -0.3 is 0 Å².